The van der Waals surface area contributed by atoms with Crippen molar-refractivity contribution in [3.05, 3.63) is 28.2 Å². The first kappa shape index (κ1) is 15.0. The van der Waals surface area contributed by atoms with E-state index in [9.17, 15) is 4.79 Å². The van der Waals surface area contributed by atoms with Crippen LogP contribution in [0.4, 0.5) is 0 Å². The molecule has 1 aromatic carbocycles. The first-order valence-corrected chi connectivity index (χ1v) is 6.80. The van der Waals surface area contributed by atoms with E-state index in [1.807, 2.05) is 32.0 Å². The molecule has 0 saturated carbocycles. The fraction of sp³-hybridized carbons (Fsp3) is 0.462. The lowest BCUT2D eigenvalue weighted by Gasteiger charge is -2.19. The van der Waals surface area contributed by atoms with Crippen LogP contribution in [0.5, 0.6) is 5.75 Å². The van der Waals surface area contributed by atoms with Gasteiger partial charge in [0.15, 0.2) is 6.61 Å². The predicted molar refractivity (Wildman–Crippen MR) is 75.5 cm³/mol. The highest BCUT2D eigenvalue weighted by atomic mass is 79.9. The summed E-state index contributed by atoms with van der Waals surface area (Å²) >= 11 is 3.40. The maximum absolute atomic E-state index is 11.8. The third-order valence-electron chi connectivity index (χ3n) is 2.70. The molecule has 0 aromatic heterocycles. The molecular formula is C13H19BrN2O2. The predicted octanol–water partition coefficient (Wildman–Crippen LogP) is 2.15. The SMILES string of the molecule is CCN(CC)C(=O)COc1ccc(CN)cc1Br. The first-order chi connectivity index (χ1) is 8.62. The van der Waals surface area contributed by atoms with E-state index in [-0.39, 0.29) is 12.5 Å². The number of benzene rings is 1. The second-order valence-corrected chi connectivity index (χ2v) is 4.68. The van der Waals surface area contributed by atoms with Crippen molar-refractivity contribution in [2.45, 2.75) is 20.4 Å². The van der Waals surface area contributed by atoms with Crippen molar-refractivity contribution in [1.29, 1.82) is 0 Å². The Bertz CT molecular complexity index is 406. The summed E-state index contributed by atoms with van der Waals surface area (Å²) < 4.78 is 6.32. The van der Waals surface area contributed by atoms with Gasteiger partial charge in [-0.1, -0.05) is 6.07 Å². The molecule has 0 spiro atoms. The van der Waals surface area contributed by atoms with Crippen LogP contribution in [0.15, 0.2) is 22.7 Å². The first-order valence-electron chi connectivity index (χ1n) is 6.01. The molecule has 1 rings (SSSR count). The molecule has 4 nitrogen and oxygen atoms in total. The molecule has 0 aliphatic carbocycles. The van der Waals surface area contributed by atoms with E-state index in [2.05, 4.69) is 15.9 Å². The van der Waals surface area contributed by atoms with Crippen LogP contribution in [0.3, 0.4) is 0 Å². The van der Waals surface area contributed by atoms with Crippen LogP contribution in [0.1, 0.15) is 19.4 Å². The fourth-order valence-corrected chi connectivity index (χ4v) is 2.14. The Morgan fingerprint density at radius 1 is 1.39 bits per heavy atom. The van der Waals surface area contributed by atoms with Crippen molar-refractivity contribution in [1.82, 2.24) is 4.90 Å². The number of rotatable bonds is 6. The normalized spacial score (nSPS) is 10.2. The molecular weight excluding hydrogens is 296 g/mol. The van der Waals surface area contributed by atoms with Gasteiger partial charge < -0.3 is 15.4 Å². The zero-order chi connectivity index (χ0) is 13.5. The summed E-state index contributed by atoms with van der Waals surface area (Å²) in [5.74, 6) is 0.655. The van der Waals surface area contributed by atoms with Gasteiger partial charge in [0.05, 0.1) is 4.47 Å². The van der Waals surface area contributed by atoms with Gasteiger partial charge in [-0.3, -0.25) is 4.79 Å². The molecule has 0 unspecified atom stereocenters. The summed E-state index contributed by atoms with van der Waals surface area (Å²) in [5, 5.41) is 0. The van der Waals surface area contributed by atoms with E-state index in [0.717, 1.165) is 10.0 Å². The summed E-state index contributed by atoms with van der Waals surface area (Å²) in [6, 6.07) is 5.61. The molecule has 0 radical (unpaired) electrons. The van der Waals surface area contributed by atoms with Crippen molar-refractivity contribution in [2.75, 3.05) is 19.7 Å². The maximum atomic E-state index is 11.8. The minimum absolute atomic E-state index is 0.00481. The number of hydrogen-bond donors (Lipinski definition) is 1. The highest BCUT2D eigenvalue weighted by Gasteiger charge is 2.11. The molecule has 2 N–H and O–H groups in total. The Labute approximate surface area is 116 Å². The van der Waals surface area contributed by atoms with Gasteiger partial charge in [0.25, 0.3) is 5.91 Å². The standard InChI is InChI=1S/C13H19BrN2O2/c1-3-16(4-2)13(17)9-18-12-6-5-10(8-15)7-11(12)14/h5-7H,3-4,8-9,15H2,1-2H3. The van der Waals surface area contributed by atoms with Gasteiger partial charge in [0.2, 0.25) is 0 Å². The quantitative estimate of drug-likeness (QED) is 0.875. The average molecular weight is 315 g/mol. The molecule has 1 amide bonds. The van der Waals surface area contributed by atoms with E-state index in [1.54, 1.807) is 4.90 Å². The lowest BCUT2D eigenvalue weighted by Crippen LogP contribution is -2.34. The number of hydrogen-bond acceptors (Lipinski definition) is 3. The third-order valence-corrected chi connectivity index (χ3v) is 3.32. The Balaban J connectivity index is 2.61. The molecule has 0 aliphatic heterocycles. The Morgan fingerprint density at radius 2 is 2.06 bits per heavy atom. The van der Waals surface area contributed by atoms with E-state index < -0.39 is 0 Å². The number of halogens is 1. The molecule has 0 aliphatic rings. The van der Waals surface area contributed by atoms with E-state index in [4.69, 9.17) is 10.5 Å². The van der Waals surface area contributed by atoms with Crippen LogP contribution >= 0.6 is 15.9 Å². The van der Waals surface area contributed by atoms with Crippen LogP contribution in [0.2, 0.25) is 0 Å². The maximum Gasteiger partial charge on any atom is 0.260 e. The Morgan fingerprint density at radius 3 is 2.56 bits per heavy atom. The molecule has 0 fully saturated rings. The van der Waals surface area contributed by atoms with Crippen molar-refractivity contribution in [3.8, 4) is 5.75 Å². The van der Waals surface area contributed by atoms with Gasteiger partial charge in [0, 0.05) is 19.6 Å². The molecule has 5 heteroatoms. The number of nitrogens with zero attached hydrogens (tertiary/aromatic N) is 1. The molecule has 0 saturated heterocycles. The van der Waals surface area contributed by atoms with Gasteiger partial charge >= 0.3 is 0 Å². The molecule has 1 aromatic rings. The number of carbonyl (C=O) groups is 1. The van der Waals surface area contributed by atoms with Crippen LogP contribution in [0, 0.1) is 0 Å². The third kappa shape index (κ3) is 3.99. The Hall–Kier alpha value is -1.07. The van der Waals surface area contributed by atoms with Crippen molar-refractivity contribution in [2.24, 2.45) is 5.73 Å². The highest BCUT2D eigenvalue weighted by Crippen LogP contribution is 2.25. The molecule has 0 bridgehead atoms. The summed E-state index contributed by atoms with van der Waals surface area (Å²) in [6.07, 6.45) is 0. The van der Waals surface area contributed by atoms with Gasteiger partial charge in [-0.15, -0.1) is 0 Å². The molecule has 18 heavy (non-hydrogen) atoms. The lowest BCUT2D eigenvalue weighted by atomic mass is 10.2. The van der Waals surface area contributed by atoms with Crippen LogP contribution in [-0.2, 0) is 11.3 Å². The number of amides is 1. The largest absolute Gasteiger partial charge is 0.483 e. The van der Waals surface area contributed by atoms with Gasteiger partial charge in [-0.05, 0) is 47.5 Å². The topological polar surface area (TPSA) is 55.6 Å². The number of likely N-dealkylation sites (N-methyl/N-ethyl adjacent to an activating group) is 1. The van der Waals surface area contributed by atoms with Crippen LogP contribution in [0.25, 0.3) is 0 Å². The van der Waals surface area contributed by atoms with Gasteiger partial charge in [-0.25, -0.2) is 0 Å². The van der Waals surface area contributed by atoms with Crippen LogP contribution < -0.4 is 10.5 Å². The minimum Gasteiger partial charge on any atom is -0.483 e. The van der Waals surface area contributed by atoms with E-state index in [0.29, 0.717) is 25.4 Å². The highest BCUT2D eigenvalue weighted by molar-refractivity contribution is 9.10. The smallest absolute Gasteiger partial charge is 0.260 e. The van der Waals surface area contributed by atoms with E-state index in [1.165, 1.54) is 0 Å². The summed E-state index contributed by atoms with van der Waals surface area (Å²) in [4.78, 5) is 13.5. The molecule has 0 heterocycles. The summed E-state index contributed by atoms with van der Waals surface area (Å²) in [6.45, 7) is 5.85. The molecule has 100 valence electrons. The zero-order valence-corrected chi connectivity index (χ0v) is 12.4. The van der Waals surface area contributed by atoms with Crippen molar-refractivity contribution in [3.63, 3.8) is 0 Å². The van der Waals surface area contributed by atoms with Crippen molar-refractivity contribution < 1.29 is 9.53 Å². The van der Waals surface area contributed by atoms with E-state index >= 15 is 0 Å². The fourth-order valence-electron chi connectivity index (χ4n) is 1.60. The van der Waals surface area contributed by atoms with Crippen LogP contribution in [-0.4, -0.2) is 30.5 Å². The lowest BCUT2D eigenvalue weighted by molar-refractivity contribution is -0.132. The average Bonchev–Trinajstić information content (AvgIpc) is 2.38. The molecule has 0 atom stereocenters. The summed E-state index contributed by atoms with van der Waals surface area (Å²) in [5.41, 5.74) is 6.56. The van der Waals surface area contributed by atoms with Gasteiger partial charge in [-0.2, -0.15) is 0 Å². The minimum atomic E-state index is -0.00481. The second-order valence-electron chi connectivity index (χ2n) is 3.82. The van der Waals surface area contributed by atoms with Crippen molar-refractivity contribution >= 4 is 21.8 Å². The second kappa shape index (κ2) is 7.38. The zero-order valence-electron chi connectivity index (χ0n) is 10.8. The number of ether oxygens (including phenoxy) is 1. The number of nitrogens with two attached hydrogens (primary N) is 1. The Kier molecular flexibility index (Phi) is 6.15. The monoisotopic (exact) mass is 314 g/mol. The van der Waals surface area contributed by atoms with Gasteiger partial charge in [0.1, 0.15) is 5.75 Å². The summed E-state index contributed by atoms with van der Waals surface area (Å²) in [7, 11) is 0. The number of carbonyl (C=O) groups excluding carboxylic acids is 1.